The van der Waals surface area contributed by atoms with Crippen LogP contribution in [0.3, 0.4) is 0 Å². The number of nitrogens with two attached hydrogens (primary N) is 1. The maximum absolute atomic E-state index is 14.0. The fourth-order valence-corrected chi connectivity index (χ4v) is 1.61. The molecule has 8 nitrogen and oxygen atoms in total. The molecule has 0 saturated carbocycles. The summed E-state index contributed by atoms with van der Waals surface area (Å²) in [4.78, 5) is 5.08. The largest absolute Gasteiger partial charge is 0.389 e. The van der Waals surface area contributed by atoms with E-state index in [0.29, 0.717) is 23.5 Å². The Morgan fingerprint density at radius 1 is 1.62 bits per heavy atom. The molecule has 21 heavy (non-hydrogen) atoms. The second kappa shape index (κ2) is 7.39. The minimum atomic E-state index is -0.426. The summed E-state index contributed by atoms with van der Waals surface area (Å²) in [7, 11) is 0. The number of halogens is 1. The first kappa shape index (κ1) is 15.0. The molecule has 0 atom stereocenters. The molecule has 0 aliphatic carbocycles. The standard InChI is InChI=1S/C12H17FN6O2/c1-2-12(14)16-21-6-9-10(13)4-3-5-11(9)19-8-20-7-15-17-18-19/h3-5H,2,6-8H2,1H3,(H2,14,16)(H,15,18). The Balaban J connectivity index is 2.19. The fourth-order valence-electron chi connectivity index (χ4n) is 1.61. The van der Waals surface area contributed by atoms with Gasteiger partial charge >= 0.3 is 0 Å². The molecular formula is C12H17FN6O2. The SMILES string of the molecule is CC/C(N)=N\OCc1c(F)cccc1N1COCNN=N1. The summed E-state index contributed by atoms with van der Waals surface area (Å²) >= 11 is 0. The van der Waals surface area contributed by atoms with Crippen molar-refractivity contribution in [3.63, 3.8) is 0 Å². The van der Waals surface area contributed by atoms with Gasteiger partial charge in [0, 0.05) is 6.42 Å². The monoisotopic (exact) mass is 296 g/mol. The molecule has 0 aromatic heterocycles. The lowest BCUT2D eigenvalue weighted by Crippen LogP contribution is -2.21. The van der Waals surface area contributed by atoms with Gasteiger partial charge in [0.25, 0.3) is 0 Å². The number of nitrogens with zero attached hydrogens (tertiary/aromatic N) is 4. The highest BCUT2D eigenvalue weighted by Gasteiger charge is 2.16. The summed E-state index contributed by atoms with van der Waals surface area (Å²) < 4.78 is 19.2. The highest BCUT2D eigenvalue weighted by atomic mass is 19.1. The van der Waals surface area contributed by atoms with Gasteiger partial charge in [0.1, 0.15) is 31.7 Å². The third kappa shape index (κ3) is 4.02. The Labute approximate surface area is 121 Å². The summed E-state index contributed by atoms with van der Waals surface area (Å²) in [6.07, 6.45) is 0.560. The van der Waals surface area contributed by atoms with Crippen molar-refractivity contribution >= 4 is 11.5 Å². The van der Waals surface area contributed by atoms with Crippen molar-refractivity contribution in [2.75, 3.05) is 18.5 Å². The Morgan fingerprint density at radius 3 is 3.29 bits per heavy atom. The molecule has 2 rings (SSSR count). The molecule has 1 aromatic carbocycles. The second-order valence-electron chi connectivity index (χ2n) is 4.17. The summed E-state index contributed by atoms with van der Waals surface area (Å²) in [6, 6.07) is 4.61. The number of rotatable bonds is 5. The van der Waals surface area contributed by atoms with Crippen molar-refractivity contribution in [2.24, 2.45) is 21.3 Å². The number of hydrogen-bond donors (Lipinski definition) is 2. The predicted molar refractivity (Wildman–Crippen MR) is 74.4 cm³/mol. The summed E-state index contributed by atoms with van der Waals surface area (Å²) in [5.41, 5.74) is 8.91. The molecule has 0 spiro atoms. The molecule has 0 saturated heterocycles. The number of anilines is 1. The van der Waals surface area contributed by atoms with Crippen molar-refractivity contribution in [3.8, 4) is 0 Å². The van der Waals surface area contributed by atoms with E-state index in [1.54, 1.807) is 12.1 Å². The fraction of sp³-hybridized carbons (Fsp3) is 0.417. The maximum atomic E-state index is 14.0. The lowest BCUT2D eigenvalue weighted by atomic mass is 10.1. The van der Waals surface area contributed by atoms with E-state index in [0.717, 1.165) is 0 Å². The Hall–Kier alpha value is -2.42. The van der Waals surface area contributed by atoms with Crippen molar-refractivity contribution in [1.82, 2.24) is 5.43 Å². The topological polar surface area (TPSA) is 96.8 Å². The van der Waals surface area contributed by atoms with Crippen molar-refractivity contribution in [2.45, 2.75) is 20.0 Å². The van der Waals surface area contributed by atoms with Crippen LogP contribution >= 0.6 is 0 Å². The average Bonchev–Trinajstić information content (AvgIpc) is 2.77. The van der Waals surface area contributed by atoms with Gasteiger partial charge < -0.3 is 15.3 Å². The van der Waals surface area contributed by atoms with Gasteiger partial charge in [0.2, 0.25) is 0 Å². The molecule has 0 fully saturated rings. The third-order valence-corrected chi connectivity index (χ3v) is 2.73. The van der Waals surface area contributed by atoms with Crippen LogP contribution in [0.5, 0.6) is 0 Å². The van der Waals surface area contributed by atoms with Crippen molar-refractivity contribution in [1.29, 1.82) is 0 Å². The maximum Gasteiger partial charge on any atom is 0.147 e. The molecule has 0 unspecified atom stereocenters. The van der Waals surface area contributed by atoms with E-state index >= 15 is 0 Å². The summed E-state index contributed by atoms with van der Waals surface area (Å²) in [6.45, 7) is 2.16. The van der Waals surface area contributed by atoms with Crippen molar-refractivity contribution < 1.29 is 14.0 Å². The van der Waals surface area contributed by atoms with Gasteiger partial charge in [-0.2, -0.15) is 0 Å². The Kier molecular flexibility index (Phi) is 5.27. The Bertz CT molecular complexity index is 536. The van der Waals surface area contributed by atoms with E-state index < -0.39 is 5.82 Å². The molecule has 3 N–H and O–H groups in total. The molecule has 0 radical (unpaired) electrons. The quantitative estimate of drug-likeness (QED) is 0.489. The molecule has 1 aliphatic rings. The first-order valence-electron chi connectivity index (χ1n) is 6.43. The molecule has 9 heteroatoms. The van der Waals surface area contributed by atoms with Crippen LogP contribution in [0.15, 0.2) is 33.8 Å². The van der Waals surface area contributed by atoms with E-state index in [-0.39, 0.29) is 20.1 Å². The number of benzene rings is 1. The smallest absolute Gasteiger partial charge is 0.147 e. The molecule has 0 bridgehead atoms. The lowest BCUT2D eigenvalue weighted by Gasteiger charge is -2.18. The third-order valence-electron chi connectivity index (χ3n) is 2.73. The van der Waals surface area contributed by atoms with E-state index in [1.165, 1.54) is 11.1 Å². The zero-order valence-electron chi connectivity index (χ0n) is 11.6. The second-order valence-corrected chi connectivity index (χ2v) is 4.17. The van der Waals surface area contributed by atoms with E-state index in [2.05, 4.69) is 21.0 Å². The number of amidine groups is 1. The molecule has 1 heterocycles. The highest BCUT2D eigenvalue weighted by molar-refractivity contribution is 5.79. The average molecular weight is 296 g/mol. The van der Waals surface area contributed by atoms with Crippen LogP contribution in [0.25, 0.3) is 0 Å². The van der Waals surface area contributed by atoms with Crippen molar-refractivity contribution in [3.05, 3.63) is 29.6 Å². The molecule has 1 aliphatic heterocycles. The Morgan fingerprint density at radius 2 is 2.48 bits per heavy atom. The zero-order chi connectivity index (χ0) is 15.1. The van der Waals surface area contributed by atoms with Crippen LogP contribution in [0.1, 0.15) is 18.9 Å². The highest BCUT2D eigenvalue weighted by Crippen LogP contribution is 2.25. The van der Waals surface area contributed by atoms with Crippen LogP contribution in [-0.4, -0.2) is 19.3 Å². The predicted octanol–water partition coefficient (Wildman–Crippen LogP) is 1.65. The first-order chi connectivity index (χ1) is 10.2. The van der Waals surface area contributed by atoms with Gasteiger partial charge in [-0.25, -0.2) is 9.40 Å². The lowest BCUT2D eigenvalue weighted by molar-refractivity contribution is 0.122. The van der Waals surface area contributed by atoms with Gasteiger partial charge in [0.15, 0.2) is 0 Å². The number of hydrogen-bond acceptors (Lipinski definition) is 7. The van der Waals surface area contributed by atoms with Crippen LogP contribution in [-0.2, 0) is 16.2 Å². The minimum absolute atomic E-state index is 0.0673. The van der Waals surface area contributed by atoms with Gasteiger partial charge in [-0.15, -0.1) is 0 Å². The molecular weight excluding hydrogens is 279 g/mol. The molecule has 1 aromatic rings. The molecule has 0 amide bonds. The van der Waals surface area contributed by atoms with E-state index in [9.17, 15) is 4.39 Å². The first-order valence-corrected chi connectivity index (χ1v) is 6.43. The number of ether oxygens (including phenoxy) is 1. The van der Waals surface area contributed by atoms with Gasteiger partial charge in [-0.3, -0.25) is 5.43 Å². The number of nitrogens with one attached hydrogen (secondary N) is 1. The van der Waals surface area contributed by atoms with E-state index in [4.69, 9.17) is 15.3 Å². The summed E-state index contributed by atoms with van der Waals surface area (Å²) in [5.74, 6) is -0.0833. The van der Waals surface area contributed by atoms with Gasteiger partial charge in [-0.1, -0.05) is 23.4 Å². The van der Waals surface area contributed by atoms with Gasteiger partial charge in [-0.05, 0) is 17.4 Å². The van der Waals surface area contributed by atoms with Crippen LogP contribution in [0.2, 0.25) is 0 Å². The molecule has 114 valence electrons. The van der Waals surface area contributed by atoms with Crippen LogP contribution in [0, 0.1) is 5.82 Å². The normalized spacial score (nSPS) is 15.5. The zero-order valence-corrected chi connectivity index (χ0v) is 11.6. The minimum Gasteiger partial charge on any atom is -0.389 e. The van der Waals surface area contributed by atoms with Crippen LogP contribution < -0.4 is 16.2 Å². The van der Waals surface area contributed by atoms with Gasteiger partial charge in [0.05, 0.1) is 11.3 Å². The van der Waals surface area contributed by atoms with Crippen LogP contribution in [0.4, 0.5) is 10.1 Å². The number of oxime groups is 1. The summed E-state index contributed by atoms with van der Waals surface area (Å²) in [5, 5.41) is 12.7. The van der Waals surface area contributed by atoms with E-state index in [1.807, 2.05) is 6.92 Å².